The Bertz CT molecular complexity index is 533. The number of hydrogen-bond acceptors (Lipinski definition) is 3. The van der Waals surface area contributed by atoms with Gasteiger partial charge in [0, 0.05) is 22.7 Å². The maximum absolute atomic E-state index is 12.4. The zero-order valence-electron chi connectivity index (χ0n) is 11.1. The molecule has 0 saturated heterocycles. The van der Waals surface area contributed by atoms with Crippen molar-refractivity contribution in [2.75, 3.05) is 6.54 Å². The van der Waals surface area contributed by atoms with Gasteiger partial charge in [-0.25, -0.2) is 0 Å². The van der Waals surface area contributed by atoms with Gasteiger partial charge in [-0.2, -0.15) is 0 Å². The molecule has 0 aliphatic heterocycles. The summed E-state index contributed by atoms with van der Waals surface area (Å²) in [6.45, 7) is 2.50. The third kappa shape index (κ3) is 3.52. The first kappa shape index (κ1) is 14.0. The SMILES string of the molecule is CCc1ccc(CC(=O)C(CN)c2ccccc2)s1. The second kappa shape index (κ2) is 6.64. The molecule has 0 aliphatic carbocycles. The van der Waals surface area contributed by atoms with Crippen LogP contribution in [0.15, 0.2) is 42.5 Å². The topological polar surface area (TPSA) is 43.1 Å². The smallest absolute Gasteiger partial charge is 0.146 e. The van der Waals surface area contributed by atoms with Gasteiger partial charge in [0.1, 0.15) is 5.78 Å². The fourth-order valence-electron chi connectivity index (χ4n) is 2.14. The molecule has 1 aromatic heterocycles. The Morgan fingerprint density at radius 3 is 2.42 bits per heavy atom. The summed E-state index contributed by atoms with van der Waals surface area (Å²) in [7, 11) is 0. The van der Waals surface area contributed by atoms with Gasteiger partial charge >= 0.3 is 0 Å². The van der Waals surface area contributed by atoms with Crippen molar-refractivity contribution in [2.45, 2.75) is 25.7 Å². The van der Waals surface area contributed by atoms with Gasteiger partial charge < -0.3 is 5.73 Å². The summed E-state index contributed by atoms with van der Waals surface area (Å²) in [5.74, 6) is 0.0200. The lowest BCUT2D eigenvalue weighted by atomic mass is 9.93. The molecule has 100 valence electrons. The lowest BCUT2D eigenvalue weighted by molar-refractivity contribution is -0.119. The van der Waals surface area contributed by atoms with Crippen LogP contribution in [0.2, 0.25) is 0 Å². The van der Waals surface area contributed by atoms with E-state index in [4.69, 9.17) is 5.73 Å². The first-order chi connectivity index (χ1) is 9.24. The monoisotopic (exact) mass is 273 g/mol. The van der Waals surface area contributed by atoms with Crippen molar-refractivity contribution in [1.82, 2.24) is 0 Å². The molecule has 0 spiro atoms. The Balaban J connectivity index is 2.09. The first-order valence-corrected chi connectivity index (χ1v) is 7.41. The molecule has 0 aliphatic rings. The van der Waals surface area contributed by atoms with Gasteiger partial charge in [-0.05, 0) is 24.1 Å². The summed E-state index contributed by atoms with van der Waals surface area (Å²) in [5, 5.41) is 0. The van der Waals surface area contributed by atoms with Crippen LogP contribution in [0.4, 0.5) is 0 Å². The molecule has 0 amide bonds. The van der Waals surface area contributed by atoms with E-state index >= 15 is 0 Å². The normalized spacial score (nSPS) is 12.3. The summed E-state index contributed by atoms with van der Waals surface area (Å²) in [5.41, 5.74) is 6.79. The number of hydrogen-bond donors (Lipinski definition) is 1. The quantitative estimate of drug-likeness (QED) is 0.878. The zero-order valence-corrected chi connectivity index (χ0v) is 12.0. The van der Waals surface area contributed by atoms with Gasteiger partial charge in [-0.3, -0.25) is 4.79 Å². The van der Waals surface area contributed by atoms with Crippen molar-refractivity contribution in [3.05, 3.63) is 57.8 Å². The van der Waals surface area contributed by atoms with Gasteiger partial charge in [0.15, 0.2) is 0 Å². The van der Waals surface area contributed by atoms with E-state index in [0.29, 0.717) is 13.0 Å². The molecule has 2 aromatic rings. The molecule has 2 N–H and O–H groups in total. The number of benzene rings is 1. The second-order valence-corrected chi connectivity index (χ2v) is 5.82. The second-order valence-electron chi connectivity index (χ2n) is 4.56. The number of carbonyl (C=O) groups is 1. The molecule has 3 heteroatoms. The van der Waals surface area contributed by atoms with E-state index in [1.807, 2.05) is 30.3 Å². The minimum Gasteiger partial charge on any atom is -0.329 e. The fourth-order valence-corrected chi connectivity index (χ4v) is 3.11. The van der Waals surface area contributed by atoms with Crippen LogP contribution in [0.3, 0.4) is 0 Å². The maximum atomic E-state index is 12.4. The van der Waals surface area contributed by atoms with E-state index in [9.17, 15) is 4.79 Å². The molecule has 1 heterocycles. The lowest BCUT2D eigenvalue weighted by Gasteiger charge is -2.13. The Labute approximate surface area is 118 Å². The molecule has 0 saturated carbocycles. The van der Waals surface area contributed by atoms with E-state index in [-0.39, 0.29) is 11.7 Å². The number of Topliss-reactive ketones (excluding diaryl/α,β-unsaturated/α-hetero) is 1. The minimum absolute atomic E-state index is 0.187. The standard InChI is InChI=1S/C16H19NOS/c1-2-13-8-9-14(19-13)10-16(18)15(11-17)12-6-4-3-5-7-12/h3-9,15H,2,10-11,17H2,1H3. The molecular formula is C16H19NOS. The van der Waals surface area contributed by atoms with Gasteiger partial charge in [-0.15, -0.1) is 11.3 Å². The molecule has 1 aromatic carbocycles. The van der Waals surface area contributed by atoms with Crippen molar-refractivity contribution in [3.63, 3.8) is 0 Å². The predicted octanol–water partition coefficient (Wildman–Crippen LogP) is 3.16. The van der Waals surface area contributed by atoms with Crippen molar-refractivity contribution in [1.29, 1.82) is 0 Å². The zero-order chi connectivity index (χ0) is 13.7. The summed E-state index contributed by atoms with van der Waals surface area (Å²) in [6.07, 6.45) is 1.51. The minimum atomic E-state index is -0.187. The van der Waals surface area contributed by atoms with Crippen LogP contribution >= 0.6 is 11.3 Å². The highest BCUT2D eigenvalue weighted by atomic mass is 32.1. The maximum Gasteiger partial charge on any atom is 0.146 e. The first-order valence-electron chi connectivity index (χ1n) is 6.60. The summed E-state index contributed by atoms with van der Waals surface area (Å²) < 4.78 is 0. The summed E-state index contributed by atoms with van der Waals surface area (Å²) in [4.78, 5) is 14.8. The highest BCUT2D eigenvalue weighted by molar-refractivity contribution is 7.12. The molecule has 0 radical (unpaired) electrons. The molecule has 1 atom stereocenters. The average molecular weight is 273 g/mol. The van der Waals surface area contributed by atoms with Crippen LogP contribution in [-0.4, -0.2) is 12.3 Å². The van der Waals surface area contributed by atoms with Crippen LogP contribution in [0.1, 0.15) is 28.2 Å². The van der Waals surface area contributed by atoms with Gasteiger partial charge in [0.2, 0.25) is 0 Å². The van der Waals surface area contributed by atoms with Crippen LogP contribution in [0.5, 0.6) is 0 Å². The third-order valence-corrected chi connectivity index (χ3v) is 4.47. The highest BCUT2D eigenvalue weighted by Gasteiger charge is 2.19. The van der Waals surface area contributed by atoms with Gasteiger partial charge in [-0.1, -0.05) is 37.3 Å². The average Bonchev–Trinajstić information content (AvgIpc) is 2.88. The van der Waals surface area contributed by atoms with Crippen molar-refractivity contribution >= 4 is 17.1 Å². The van der Waals surface area contributed by atoms with Gasteiger partial charge in [0.25, 0.3) is 0 Å². The Morgan fingerprint density at radius 2 is 1.84 bits per heavy atom. The third-order valence-electron chi connectivity index (χ3n) is 3.24. The van der Waals surface area contributed by atoms with Crippen molar-refractivity contribution < 1.29 is 4.79 Å². The van der Waals surface area contributed by atoms with Crippen molar-refractivity contribution in [3.8, 4) is 0 Å². The Kier molecular flexibility index (Phi) is 4.88. The van der Waals surface area contributed by atoms with Crippen LogP contribution < -0.4 is 5.73 Å². The molecule has 0 bridgehead atoms. The van der Waals surface area contributed by atoms with Crippen LogP contribution in [0.25, 0.3) is 0 Å². The van der Waals surface area contributed by atoms with Crippen LogP contribution in [-0.2, 0) is 17.6 Å². The van der Waals surface area contributed by atoms with E-state index in [1.165, 1.54) is 4.88 Å². The molecular weight excluding hydrogens is 254 g/mol. The largest absolute Gasteiger partial charge is 0.329 e. The number of thiophene rings is 1. The van der Waals surface area contributed by atoms with Gasteiger partial charge in [0.05, 0.1) is 5.92 Å². The fraction of sp³-hybridized carbons (Fsp3) is 0.312. The Morgan fingerprint density at radius 1 is 1.16 bits per heavy atom. The molecule has 2 nitrogen and oxygen atoms in total. The molecule has 2 rings (SSSR count). The highest BCUT2D eigenvalue weighted by Crippen LogP contribution is 2.22. The predicted molar refractivity (Wildman–Crippen MR) is 80.6 cm³/mol. The van der Waals surface area contributed by atoms with E-state index < -0.39 is 0 Å². The summed E-state index contributed by atoms with van der Waals surface area (Å²) >= 11 is 1.72. The van der Waals surface area contributed by atoms with Crippen LogP contribution in [0, 0.1) is 0 Å². The number of nitrogens with two attached hydrogens (primary N) is 1. The van der Waals surface area contributed by atoms with E-state index in [2.05, 4.69) is 19.1 Å². The Hall–Kier alpha value is -1.45. The molecule has 19 heavy (non-hydrogen) atoms. The molecule has 0 fully saturated rings. The summed E-state index contributed by atoms with van der Waals surface area (Å²) in [6, 6.07) is 14.0. The van der Waals surface area contributed by atoms with Crippen molar-refractivity contribution in [2.24, 2.45) is 5.73 Å². The number of aryl methyl sites for hydroxylation is 1. The number of ketones is 1. The lowest BCUT2D eigenvalue weighted by Crippen LogP contribution is -2.22. The van der Waals surface area contributed by atoms with E-state index in [0.717, 1.165) is 16.9 Å². The molecule has 1 unspecified atom stereocenters. The number of carbonyl (C=O) groups excluding carboxylic acids is 1. The van der Waals surface area contributed by atoms with E-state index in [1.54, 1.807) is 11.3 Å². The number of rotatable bonds is 6.